The fourth-order valence-corrected chi connectivity index (χ4v) is 2.01. The van der Waals surface area contributed by atoms with E-state index in [0.29, 0.717) is 24.2 Å². The number of phenolic OH excluding ortho intramolecular Hbond substituents is 2. The number of anilines is 1. The second-order valence-electron chi connectivity index (χ2n) is 5.09. The highest BCUT2D eigenvalue weighted by Crippen LogP contribution is 2.24. The van der Waals surface area contributed by atoms with Gasteiger partial charge in [0.15, 0.2) is 17.3 Å². The molecule has 6 nitrogen and oxygen atoms in total. The average molecular weight is 314 g/mol. The van der Waals surface area contributed by atoms with Crippen LogP contribution in [0.4, 0.5) is 10.5 Å². The molecule has 120 valence electrons. The van der Waals surface area contributed by atoms with Crippen LogP contribution in [0, 0.1) is 0 Å². The van der Waals surface area contributed by atoms with Crippen molar-refractivity contribution in [2.45, 2.75) is 13.3 Å². The Morgan fingerprint density at radius 3 is 2.30 bits per heavy atom. The second kappa shape index (κ2) is 7.31. The van der Waals surface area contributed by atoms with Gasteiger partial charge >= 0.3 is 6.03 Å². The number of benzene rings is 2. The number of aromatic hydroxyl groups is 2. The molecule has 0 aliphatic carbocycles. The van der Waals surface area contributed by atoms with Crippen LogP contribution in [-0.4, -0.2) is 28.6 Å². The van der Waals surface area contributed by atoms with E-state index in [9.17, 15) is 19.8 Å². The molecule has 2 aromatic carbocycles. The maximum atomic E-state index is 11.8. The Bertz CT molecular complexity index is 711. The van der Waals surface area contributed by atoms with Gasteiger partial charge in [-0.3, -0.25) is 4.79 Å². The summed E-state index contributed by atoms with van der Waals surface area (Å²) in [5.41, 5.74) is 1.98. The molecule has 0 bridgehead atoms. The molecular formula is C17H18N2O4. The van der Waals surface area contributed by atoms with Crippen LogP contribution in [0.15, 0.2) is 42.5 Å². The van der Waals surface area contributed by atoms with Gasteiger partial charge in [0, 0.05) is 17.8 Å². The van der Waals surface area contributed by atoms with Gasteiger partial charge in [-0.05, 0) is 55.3 Å². The normalized spacial score (nSPS) is 10.1. The molecule has 2 rings (SSSR count). The van der Waals surface area contributed by atoms with Crippen molar-refractivity contribution < 1.29 is 19.8 Å². The Hall–Kier alpha value is -3.02. The molecular weight excluding hydrogens is 296 g/mol. The molecule has 0 unspecified atom stereocenters. The molecule has 0 saturated heterocycles. The summed E-state index contributed by atoms with van der Waals surface area (Å²) in [6.45, 7) is 1.86. The van der Waals surface area contributed by atoms with Crippen molar-refractivity contribution in [2.75, 3.05) is 11.9 Å². The van der Waals surface area contributed by atoms with Gasteiger partial charge in [0.2, 0.25) is 0 Å². The fourth-order valence-electron chi connectivity index (χ4n) is 2.01. The molecule has 0 aliphatic rings. The van der Waals surface area contributed by atoms with Gasteiger partial charge in [-0.25, -0.2) is 4.79 Å². The third-order valence-electron chi connectivity index (χ3n) is 3.29. The average Bonchev–Trinajstić information content (AvgIpc) is 2.51. The lowest BCUT2D eigenvalue weighted by atomic mass is 10.1. The summed E-state index contributed by atoms with van der Waals surface area (Å²) < 4.78 is 0. The maximum absolute atomic E-state index is 11.8. The number of amides is 2. The summed E-state index contributed by atoms with van der Waals surface area (Å²) in [6, 6.07) is 10.8. The van der Waals surface area contributed by atoms with Crippen LogP contribution in [0.2, 0.25) is 0 Å². The Balaban J connectivity index is 1.80. The van der Waals surface area contributed by atoms with Crippen molar-refractivity contribution in [3.05, 3.63) is 53.6 Å². The SMILES string of the molecule is CC(=O)c1ccc(NC(=O)NCCc2ccc(O)c(O)c2)cc1. The zero-order valence-corrected chi connectivity index (χ0v) is 12.7. The van der Waals surface area contributed by atoms with Gasteiger partial charge in [0.05, 0.1) is 0 Å². The Morgan fingerprint density at radius 2 is 1.70 bits per heavy atom. The highest BCUT2D eigenvalue weighted by atomic mass is 16.3. The van der Waals surface area contributed by atoms with Gasteiger partial charge in [-0.15, -0.1) is 0 Å². The first kappa shape index (κ1) is 16.4. The molecule has 6 heteroatoms. The molecule has 23 heavy (non-hydrogen) atoms. The molecule has 0 fully saturated rings. The monoisotopic (exact) mass is 314 g/mol. The zero-order chi connectivity index (χ0) is 16.8. The quantitative estimate of drug-likeness (QED) is 0.503. The molecule has 2 aromatic rings. The number of ketones is 1. The van der Waals surface area contributed by atoms with E-state index in [1.54, 1.807) is 30.3 Å². The number of carbonyl (C=O) groups is 2. The molecule has 2 amide bonds. The number of phenols is 2. The number of Topliss-reactive ketones (excluding diaryl/α,β-unsaturated/α-hetero) is 1. The van der Waals surface area contributed by atoms with Crippen molar-refractivity contribution in [1.29, 1.82) is 0 Å². The lowest BCUT2D eigenvalue weighted by Gasteiger charge is -2.08. The first-order valence-corrected chi connectivity index (χ1v) is 7.12. The fraction of sp³-hybridized carbons (Fsp3) is 0.176. The smallest absolute Gasteiger partial charge is 0.319 e. The first-order valence-electron chi connectivity index (χ1n) is 7.12. The molecule has 0 atom stereocenters. The van der Waals surface area contributed by atoms with E-state index in [2.05, 4.69) is 10.6 Å². The van der Waals surface area contributed by atoms with Gasteiger partial charge in [-0.2, -0.15) is 0 Å². The Morgan fingerprint density at radius 1 is 1.00 bits per heavy atom. The van der Waals surface area contributed by atoms with E-state index in [4.69, 9.17) is 0 Å². The summed E-state index contributed by atoms with van der Waals surface area (Å²) in [5.74, 6) is -0.385. The topological polar surface area (TPSA) is 98.7 Å². The van der Waals surface area contributed by atoms with E-state index in [-0.39, 0.29) is 23.3 Å². The Kier molecular flexibility index (Phi) is 5.19. The summed E-state index contributed by atoms with van der Waals surface area (Å²) in [6.07, 6.45) is 0.518. The van der Waals surface area contributed by atoms with Gasteiger partial charge < -0.3 is 20.8 Å². The highest BCUT2D eigenvalue weighted by Gasteiger charge is 2.04. The van der Waals surface area contributed by atoms with Crippen LogP contribution in [0.3, 0.4) is 0 Å². The van der Waals surface area contributed by atoms with E-state index >= 15 is 0 Å². The summed E-state index contributed by atoms with van der Waals surface area (Å²) >= 11 is 0. The van der Waals surface area contributed by atoms with E-state index in [0.717, 1.165) is 5.56 Å². The minimum atomic E-state index is -0.358. The van der Waals surface area contributed by atoms with Gasteiger partial charge in [-0.1, -0.05) is 6.07 Å². The molecule has 4 N–H and O–H groups in total. The lowest BCUT2D eigenvalue weighted by molar-refractivity contribution is 0.101. The largest absolute Gasteiger partial charge is 0.504 e. The number of urea groups is 1. The van der Waals surface area contributed by atoms with Crippen LogP contribution < -0.4 is 10.6 Å². The van der Waals surface area contributed by atoms with E-state index < -0.39 is 0 Å². The predicted molar refractivity (Wildman–Crippen MR) is 86.9 cm³/mol. The number of carbonyl (C=O) groups excluding carboxylic acids is 2. The van der Waals surface area contributed by atoms with Gasteiger partial charge in [0.1, 0.15) is 0 Å². The lowest BCUT2D eigenvalue weighted by Crippen LogP contribution is -2.30. The van der Waals surface area contributed by atoms with Crippen LogP contribution in [0.1, 0.15) is 22.8 Å². The zero-order valence-electron chi connectivity index (χ0n) is 12.7. The first-order chi connectivity index (χ1) is 11.0. The Labute approximate surface area is 133 Å². The second-order valence-corrected chi connectivity index (χ2v) is 5.09. The molecule has 0 aromatic heterocycles. The minimum absolute atomic E-state index is 0.0295. The van der Waals surface area contributed by atoms with Crippen LogP contribution >= 0.6 is 0 Å². The predicted octanol–water partition coefficient (Wildman–Crippen LogP) is 2.66. The molecule has 0 saturated carbocycles. The van der Waals surface area contributed by atoms with Crippen LogP contribution in [0.25, 0.3) is 0 Å². The van der Waals surface area contributed by atoms with Crippen molar-refractivity contribution >= 4 is 17.5 Å². The summed E-state index contributed by atoms with van der Waals surface area (Å²) in [5, 5.41) is 24.0. The van der Waals surface area contributed by atoms with Crippen LogP contribution in [-0.2, 0) is 6.42 Å². The van der Waals surface area contributed by atoms with Crippen molar-refractivity contribution in [1.82, 2.24) is 5.32 Å². The van der Waals surface area contributed by atoms with E-state index in [1.807, 2.05) is 0 Å². The van der Waals surface area contributed by atoms with Crippen molar-refractivity contribution in [2.24, 2.45) is 0 Å². The van der Waals surface area contributed by atoms with Gasteiger partial charge in [0.25, 0.3) is 0 Å². The molecule has 0 spiro atoms. The molecule has 0 radical (unpaired) electrons. The molecule has 0 heterocycles. The van der Waals surface area contributed by atoms with E-state index in [1.165, 1.54) is 19.1 Å². The maximum Gasteiger partial charge on any atom is 0.319 e. The van der Waals surface area contributed by atoms with Crippen molar-refractivity contribution in [3.63, 3.8) is 0 Å². The third-order valence-corrected chi connectivity index (χ3v) is 3.29. The summed E-state index contributed by atoms with van der Waals surface area (Å²) in [7, 11) is 0. The highest BCUT2D eigenvalue weighted by molar-refractivity contribution is 5.95. The number of hydrogen-bond donors (Lipinski definition) is 4. The van der Waals surface area contributed by atoms with Crippen LogP contribution in [0.5, 0.6) is 11.5 Å². The number of nitrogens with one attached hydrogen (secondary N) is 2. The number of hydrogen-bond acceptors (Lipinski definition) is 4. The van der Waals surface area contributed by atoms with Crippen molar-refractivity contribution in [3.8, 4) is 11.5 Å². The minimum Gasteiger partial charge on any atom is -0.504 e. The summed E-state index contributed by atoms with van der Waals surface area (Å²) in [4.78, 5) is 22.9. The number of rotatable bonds is 5. The third kappa shape index (κ3) is 4.74. The molecule has 0 aliphatic heterocycles. The standard InChI is InChI=1S/C17H18N2O4/c1-11(20)13-3-5-14(6-4-13)19-17(23)18-9-8-12-2-7-15(21)16(22)10-12/h2-7,10,21-22H,8-9H2,1H3,(H2,18,19,23).